The second-order valence-corrected chi connectivity index (χ2v) is 6.28. The second-order valence-electron chi connectivity index (χ2n) is 6.28. The number of aromatic nitrogens is 3. The Bertz CT molecular complexity index is 997. The van der Waals surface area contributed by atoms with Gasteiger partial charge in [-0.15, -0.1) is 0 Å². The van der Waals surface area contributed by atoms with E-state index in [0.29, 0.717) is 17.0 Å². The van der Waals surface area contributed by atoms with Gasteiger partial charge >= 0.3 is 6.18 Å². The number of amides is 1. The topological polar surface area (TPSA) is 73.8 Å². The van der Waals surface area contributed by atoms with E-state index in [9.17, 15) is 18.0 Å². The number of primary amides is 1. The monoisotopic (exact) mass is 462 g/mol. The number of halogens is 3. The fraction of sp³-hybridized carbons (Fsp3) is 0.278. The van der Waals surface area contributed by atoms with Crippen molar-refractivity contribution in [3.8, 4) is 11.4 Å². The third-order valence-electron chi connectivity index (χ3n) is 4.71. The van der Waals surface area contributed by atoms with Crippen molar-refractivity contribution in [3.63, 3.8) is 0 Å². The summed E-state index contributed by atoms with van der Waals surface area (Å²) in [6, 6.07) is 7.06. The molecule has 1 fully saturated rings. The Balaban J connectivity index is 0.00000210. The largest absolute Gasteiger partial charge is 0.417 e. The number of alkyl halides is 3. The van der Waals surface area contributed by atoms with Gasteiger partial charge < -0.3 is 10.3 Å². The summed E-state index contributed by atoms with van der Waals surface area (Å²) < 4.78 is 41.2. The number of hydrogen-bond donors (Lipinski definition) is 1. The van der Waals surface area contributed by atoms with Gasteiger partial charge in [0, 0.05) is 42.8 Å². The molecule has 5 nitrogen and oxygen atoms in total. The molecule has 3 aromatic rings. The summed E-state index contributed by atoms with van der Waals surface area (Å²) in [5.41, 5.74) is 5.84. The summed E-state index contributed by atoms with van der Waals surface area (Å²) in [4.78, 5) is 20.4. The van der Waals surface area contributed by atoms with Gasteiger partial charge in [-0.3, -0.25) is 9.78 Å². The average molecular weight is 462 g/mol. The van der Waals surface area contributed by atoms with Gasteiger partial charge in [0.1, 0.15) is 5.65 Å². The predicted octanol–water partition coefficient (Wildman–Crippen LogP) is 3.74. The van der Waals surface area contributed by atoms with E-state index in [1.54, 1.807) is 16.7 Å². The Labute approximate surface area is 165 Å². The van der Waals surface area contributed by atoms with Crippen LogP contribution in [-0.4, -0.2) is 20.4 Å². The van der Waals surface area contributed by atoms with Crippen LogP contribution >= 0.6 is 0 Å². The number of nitrogens with two attached hydrogens (primary N) is 1. The van der Waals surface area contributed by atoms with Crippen LogP contribution in [0, 0.1) is 6.07 Å². The second kappa shape index (κ2) is 7.04. The van der Waals surface area contributed by atoms with E-state index in [0.717, 1.165) is 31.5 Å². The Kier molecular flexibility index (Phi) is 5.08. The van der Waals surface area contributed by atoms with Crippen LogP contribution in [0.2, 0.25) is 0 Å². The molecule has 4 rings (SSSR count). The third kappa shape index (κ3) is 3.25. The SMILES string of the molecule is NC(=O)c1c(-c2cc[c-]cn2)n(C2CCC2)c2ncc(C(F)(F)F)cc12.[Rh]. The Morgan fingerprint density at radius 2 is 2.04 bits per heavy atom. The number of nitrogens with zero attached hydrogens (tertiary/aromatic N) is 3. The van der Waals surface area contributed by atoms with E-state index >= 15 is 0 Å². The van der Waals surface area contributed by atoms with Crippen LogP contribution in [0.15, 0.2) is 30.6 Å². The molecule has 0 unspecified atom stereocenters. The fourth-order valence-electron chi connectivity index (χ4n) is 3.30. The molecule has 27 heavy (non-hydrogen) atoms. The van der Waals surface area contributed by atoms with Gasteiger partial charge in [0.25, 0.3) is 5.91 Å². The molecule has 3 heterocycles. The van der Waals surface area contributed by atoms with E-state index in [2.05, 4.69) is 16.0 Å². The molecule has 0 aromatic carbocycles. The number of carbonyl (C=O) groups excluding carboxylic acids is 1. The van der Waals surface area contributed by atoms with E-state index in [1.807, 2.05) is 0 Å². The van der Waals surface area contributed by atoms with Crippen molar-refractivity contribution in [1.82, 2.24) is 14.5 Å². The van der Waals surface area contributed by atoms with E-state index < -0.39 is 17.6 Å². The molecule has 1 radical (unpaired) electrons. The summed E-state index contributed by atoms with van der Waals surface area (Å²) in [5.74, 6) is -0.807. The van der Waals surface area contributed by atoms with Gasteiger partial charge in [0.15, 0.2) is 0 Å². The van der Waals surface area contributed by atoms with Crippen molar-refractivity contribution < 1.29 is 37.4 Å². The molecular weight excluding hydrogens is 448 g/mol. The normalized spacial score (nSPS) is 14.6. The van der Waals surface area contributed by atoms with E-state index in [1.165, 1.54) is 6.20 Å². The Hall–Kier alpha value is -2.28. The van der Waals surface area contributed by atoms with Crippen LogP contribution in [0.25, 0.3) is 22.4 Å². The zero-order valence-corrected chi connectivity index (χ0v) is 15.5. The summed E-state index contributed by atoms with van der Waals surface area (Å²) in [5, 5.41) is 0.101. The summed E-state index contributed by atoms with van der Waals surface area (Å²) in [6.45, 7) is 0. The maximum Gasteiger partial charge on any atom is 0.417 e. The molecule has 3 aromatic heterocycles. The number of pyridine rings is 2. The van der Waals surface area contributed by atoms with Gasteiger partial charge in [-0.1, -0.05) is 6.20 Å². The molecule has 1 aliphatic carbocycles. The quantitative estimate of drug-likeness (QED) is 0.476. The molecule has 1 amide bonds. The Morgan fingerprint density at radius 1 is 1.30 bits per heavy atom. The predicted molar refractivity (Wildman–Crippen MR) is 88.2 cm³/mol. The van der Waals surface area contributed by atoms with Crippen LogP contribution in [-0.2, 0) is 25.7 Å². The van der Waals surface area contributed by atoms with Gasteiger partial charge in [0.2, 0.25) is 0 Å². The molecule has 0 aliphatic heterocycles. The summed E-state index contributed by atoms with van der Waals surface area (Å²) in [7, 11) is 0. The molecule has 143 valence electrons. The van der Waals surface area contributed by atoms with Gasteiger partial charge in [-0.25, -0.2) is 17.1 Å². The van der Waals surface area contributed by atoms with Crippen LogP contribution in [0.4, 0.5) is 13.2 Å². The summed E-state index contributed by atoms with van der Waals surface area (Å²) in [6.07, 6.45) is 0.393. The smallest absolute Gasteiger partial charge is 0.366 e. The first kappa shape index (κ1) is 19.5. The zero-order chi connectivity index (χ0) is 18.5. The Morgan fingerprint density at radius 3 is 2.56 bits per heavy atom. The van der Waals surface area contributed by atoms with Crippen molar-refractivity contribution in [2.24, 2.45) is 5.73 Å². The average Bonchev–Trinajstić information content (AvgIpc) is 2.88. The standard InChI is InChI=1S/C18H14F3N4O.Rh/c19-18(20,21)10-8-12-14(16(22)26)15(13-6-1-2-7-23-13)25(11-4-3-5-11)17(12)24-9-10;/h1,6-9,11H,3-5H2,(H2,22,26);/q-1;. The number of carbonyl (C=O) groups is 1. The molecule has 2 N–H and O–H groups in total. The fourth-order valence-corrected chi connectivity index (χ4v) is 3.30. The molecule has 0 spiro atoms. The first-order valence-electron chi connectivity index (χ1n) is 8.11. The van der Waals surface area contributed by atoms with Crippen molar-refractivity contribution in [2.45, 2.75) is 31.5 Å². The molecule has 0 saturated heterocycles. The van der Waals surface area contributed by atoms with Gasteiger partial charge in [0.05, 0.1) is 16.8 Å². The maximum absolute atomic E-state index is 13.1. The molecule has 0 atom stereocenters. The molecule has 0 bridgehead atoms. The van der Waals surface area contributed by atoms with E-state index in [4.69, 9.17) is 5.73 Å². The van der Waals surface area contributed by atoms with Crippen molar-refractivity contribution in [1.29, 1.82) is 0 Å². The first-order chi connectivity index (χ1) is 12.4. The zero-order valence-electron chi connectivity index (χ0n) is 13.9. The molecular formula is C18H14F3N4ORh-. The van der Waals surface area contributed by atoms with Crippen molar-refractivity contribution in [2.75, 3.05) is 0 Å². The molecule has 1 saturated carbocycles. The number of hydrogen-bond acceptors (Lipinski definition) is 3. The first-order valence-corrected chi connectivity index (χ1v) is 8.11. The minimum Gasteiger partial charge on any atom is -0.366 e. The van der Waals surface area contributed by atoms with Gasteiger partial charge in [-0.2, -0.15) is 19.2 Å². The third-order valence-corrected chi connectivity index (χ3v) is 4.71. The van der Waals surface area contributed by atoms with Crippen molar-refractivity contribution >= 4 is 16.9 Å². The summed E-state index contributed by atoms with van der Waals surface area (Å²) >= 11 is 0. The van der Waals surface area contributed by atoms with Crippen LogP contribution in [0.1, 0.15) is 41.2 Å². The maximum atomic E-state index is 13.1. The molecule has 1 aliphatic rings. The number of fused-ring (bicyclic) bond motifs is 1. The number of rotatable bonds is 3. The van der Waals surface area contributed by atoms with Crippen molar-refractivity contribution in [3.05, 3.63) is 47.8 Å². The van der Waals surface area contributed by atoms with Crippen LogP contribution in [0.3, 0.4) is 0 Å². The van der Waals surface area contributed by atoms with Crippen LogP contribution in [0.5, 0.6) is 0 Å². The minimum absolute atomic E-state index is 0. The van der Waals surface area contributed by atoms with E-state index in [-0.39, 0.29) is 36.5 Å². The minimum atomic E-state index is -4.56. The van der Waals surface area contributed by atoms with Gasteiger partial charge in [-0.05, 0) is 25.3 Å². The van der Waals surface area contributed by atoms with Crippen LogP contribution < -0.4 is 5.73 Å². The molecule has 9 heteroatoms.